The van der Waals surface area contributed by atoms with Gasteiger partial charge >= 0.3 is 11.7 Å². The Bertz CT molecular complexity index is 327. The summed E-state index contributed by atoms with van der Waals surface area (Å²) in [6.45, 7) is 0. The number of nitrogens with two attached hydrogens (primary N) is 1. The van der Waals surface area contributed by atoms with Crippen molar-refractivity contribution in [1.29, 1.82) is 0 Å². The zero-order chi connectivity index (χ0) is 9.14. The normalized spacial score (nSPS) is 12.8. The van der Waals surface area contributed by atoms with Crippen LogP contribution in [0.2, 0.25) is 0 Å². The highest BCUT2D eigenvalue weighted by molar-refractivity contribution is 5.73. The second kappa shape index (κ2) is 3.18. The largest absolute Gasteiger partial charge is 0.480 e. The second-order valence-electron chi connectivity index (χ2n) is 2.19. The van der Waals surface area contributed by atoms with Gasteiger partial charge in [-0.05, 0) is 0 Å². The zero-order valence-electron chi connectivity index (χ0n) is 5.98. The third-order valence-electron chi connectivity index (χ3n) is 1.22. The standard InChI is InChI=1S/C5H7N3O4/c6-2(4(9)10)1-3-7-5(11)12-8-3/h2H,1,6H2,(H,9,10)(H,7,8,11). The Labute approximate surface area is 66.2 Å². The van der Waals surface area contributed by atoms with Crippen LogP contribution in [0, 0.1) is 0 Å². The fraction of sp³-hybridized carbons (Fsp3) is 0.400. The molecule has 12 heavy (non-hydrogen) atoms. The van der Waals surface area contributed by atoms with Gasteiger partial charge in [0, 0.05) is 6.42 Å². The molecule has 0 aliphatic rings. The molecule has 0 saturated heterocycles. The maximum absolute atomic E-state index is 10.4. The lowest BCUT2D eigenvalue weighted by atomic mass is 10.2. The minimum absolute atomic E-state index is 0.0545. The summed E-state index contributed by atoms with van der Waals surface area (Å²) in [6, 6.07) is -1.08. The summed E-state index contributed by atoms with van der Waals surface area (Å²) in [4.78, 5) is 22.8. The Morgan fingerprint density at radius 1 is 1.83 bits per heavy atom. The van der Waals surface area contributed by atoms with E-state index in [4.69, 9.17) is 10.8 Å². The molecular weight excluding hydrogens is 166 g/mol. The fourth-order valence-electron chi connectivity index (χ4n) is 0.644. The first-order chi connectivity index (χ1) is 5.59. The van der Waals surface area contributed by atoms with E-state index in [0.29, 0.717) is 0 Å². The van der Waals surface area contributed by atoms with Crippen molar-refractivity contribution in [3.05, 3.63) is 16.4 Å². The van der Waals surface area contributed by atoms with Crippen LogP contribution in [-0.2, 0) is 11.2 Å². The summed E-state index contributed by atoms with van der Waals surface area (Å²) in [7, 11) is 0. The van der Waals surface area contributed by atoms with Crippen LogP contribution in [0.3, 0.4) is 0 Å². The number of nitrogens with zero attached hydrogens (tertiary/aromatic N) is 1. The molecule has 0 aliphatic heterocycles. The molecule has 1 aromatic heterocycles. The van der Waals surface area contributed by atoms with E-state index in [1.807, 2.05) is 0 Å². The van der Waals surface area contributed by atoms with Crippen molar-refractivity contribution in [3.63, 3.8) is 0 Å². The van der Waals surface area contributed by atoms with Gasteiger partial charge in [0.1, 0.15) is 6.04 Å². The number of hydrogen-bond acceptors (Lipinski definition) is 5. The number of carbonyl (C=O) groups is 1. The van der Waals surface area contributed by atoms with E-state index in [-0.39, 0.29) is 12.2 Å². The number of nitrogens with one attached hydrogen (secondary N) is 1. The van der Waals surface area contributed by atoms with E-state index >= 15 is 0 Å². The molecule has 0 aliphatic carbocycles. The predicted molar refractivity (Wildman–Crippen MR) is 36.4 cm³/mol. The predicted octanol–water partition coefficient (Wildman–Crippen LogP) is -1.68. The minimum Gasteiger partial charge on any atom is -0.480 e. The van der Waals surface area contributed by atoms with Gasteiger partial charge in [-0.1, -0.05) is 5.16 Å². The van der Waals surface area contributed by atoms with E-state index in [2.05, 4.69) is 14.7 Å². The van der Waals surface area contributed by atoms with Crippen LogP contribution in [0.1, 0.15) is 5.82 Å². The van der Waals surface area contributed by atoms with Crippen molar-refractivity contribution in [3.8, 4) is 0 Å². The smallest absolute Gasteiger partial charge is 0.438 e. The summed E-state index contributed by atoms with van der Waals surface area (Å²) in [5, 5.41) is 11.6. The molecule has 0 bridgehead atoms. The van der Waals surface area contributed by atoms with Crippen LogP contribution in [0.5, 0.6) is 0 Å². The van der Waals surface area contributed by atoms with Gasteiger partial charge in [0.05, 0.1) is 0 Å². The average molecular weight is 173 g/mol. The maximum Gasteiger partial charge on any atom is 0.438 e. The molecule has 1 rings (SSSR count). The molecule has 1 heterocycles. The summed E-state index contributed by atoms with van der Waals surface area (Å²) in [6.07, 6.45) is -0.0545. The molecule has 7 heteroatoms. The van der Waals surface area contributed by atoms with Crippen molar-refractivity contribution in [2.24, 2.45) is 5.73 Å². The first-order valence-electron chi connectivity index (χ1n) is 3.13. The van der Waals surface area contributed by atoms with Gasteiger partial charge in [-0.3, -0.25) is 14.3 Å². The fourth-order valence-corrected chi connectivity index (χ4v) is 0.644. The topological polar surface area (TPSA) is 122 Å². The summed E-state index contributed by atoms with van der Waals surface area (Å²) in [5.41, 5.74) is 5.15. The Hall–Kier alpha value is -1.63. The maximum atomic E-state index is 10.4. The van der Waals surface area contributed by atoms with E-state index in [1.54, 1.807) is 0 Å². The third-order valence-corrected chi connectivity index (χ3v) is 1.22. The number of rotatable bonds is 3. The van der Waals surface area contributed by atoms with Gasteiger partial charge in [-0.25, -0.2) is 4.79 Å². The van der Waals surface area contributed by atoms with Crippen LogP contribution in [0.15, 0.2) is 9.32 Å². The van der Waals surface area contributed by atoms with E-state index in [0.717, 1.165) is 0 Å². The highest BCUT2D eigenvalue weighted by Gasteiger charge is 2.14. The van der Waals surface area contributed by atoms with Gasteiger partial charge in [-0.15, -0.1) is 0 Å². The average Bonchev–Trinajstić information content (AvgIpc) is 2.35. The number of aromatic nitrogens is 2. The first-order valence-corrected chi connectivity index (χ1v) is 3.13. The molecular formula is C5H7N3O4. The highest BCUT2D eigenvalue weighted by atomic mass is 16.5. The molecule has 1 aromatic rings. The number of carboxylic acid groups (broad SMARTS) is 1. The SMILES string of the molecule is NC(Cc1noc(=O)[nH]1)C(=O)O. The van der Waals surface area contributed by atoms with Crippen LogP contribution in [0.4, 0.5) is 0 Å². The zero-order valence-corrected chi connectivity index (χ0v) is 5.98. The third kappa shape index (κ3) is 1.92. The Morgan fingerprint density at radius 2 is 2.50 bits per heavy atom. The molecule has 1 atom stereocenters. The molecule has 66 valence electrons. The Balaban J connectivity index is 2.64. The number of carboxylic acids is 1. The molecule has 1 unspecified atom stereocenters. The van der Waals surface area contributed by atoms with E-state index < -0.39 is 17.8 Å². The summed E-state index contributed by atoms with van der Waals surface area (Å²) in [5.74, 6) is -1.74. The molecule has 0 saturated carbocycles. The van der Waals surface area contributed by atoms with Gasteiger partial charge in [0.15, 0.2) is 5.82 Å². The number of aromatic amines is 1. The molecule has 0 fully saturated rings. The summed E-state index contributed by atoms with van der Waals surface area (Å²) < 4.78 is 4.14. The minimum atomic E-state index is -1.15. The molecule has 0 radical (unpaired) electrons. The summed E-state index contributed by atoms with van der Waals surface area (Å²) >= 11 is 0. The molecule has 4 N–H and O–H groups in total. The van der Waals surface area contributed by atoms with E-state index in [9.17, 15) is 9.59 Å². The van der Waals surface area contributed by atoms with Crippen molar-refractivity contribution in [2.45, 2.75) is 12.5 Å². The first kappa shape index (κ1) is 8.47. The number of hydrogen-bond donors (Lipinski definition) is 3. The molecule has 7 nitrogen and oxygen atoms in total. The monoisotopic (exact) mass is 173 g/mol. The molecule has 0 aromatic carbocycles. The second-order valence-corrected chi connectivity index (χ2v) is 2.19. The van der Waals surface area contributed by atoms with E-state index in [1.165, 1.54) is 0 Å². The molecule has 0 spiro atoms. The van der Waals surface area contributed by atoms with Crippen molar-refractivity contribution >= 4 is 5.97 Å². The van der Waals surface area contributed by atoms with Crippen LogP contribution < -0.4 is 11.5 Å². The van der Waals surface area contributed by atoms with Crippen molar-refractivity contribution in [1.82, 2.24) is 10.1 Å². The lowest BCUT2D eigenvalue weighted by molar-refractivity contribution is -0.138. The lowest BCUT2D eigenvalue weighted by Gasteiger charge is -2.00. The number of H-pyrrole nitrogens is 1. The lowest BCUT2D eigenvalue weighted by Crippen LogP contribution is -2.32. The molecule has 0 amide bonds. The van der Waals surface area contributed by atoms with Crippen LogP contribution in [0.25, 0.3) is 0 Å². The van der Waals surface area contributed by atoms with Gasteiger partial charge in [0.2, 0.25) is 0 Å². The number of aliphatic carboxylic acids is 1. The van der Waals surface area contributed by atoms with Crippen molar-refractivity contribution in [2.75, 3.05) is 0 Å². The Morgan fingerprint density at radius 3 is 2.92 bits per heavy atom. The Kier molecular flexibility index (Phi) is 2.24. The highest BCUT2D eigenvalue weighted by Crippen LogP contribution is 1.91. The van der Waals surface area contributed by atoms with Gasteiger partial charge < -0.3 is 10.8 Å². The van der Waals surface area contributed by atoms with Gasteiger partial charge in [0.25, 0.3) is 0 Å². The van der Waals surface area contributed by atoms with Gasteiger partial charge in [-0.2, -0.15) is 0 Å². The van der Waals surface area contributed by atoms with Crippen LogP contribution >= 0.6 is 0 Å². The van der Waals surface area contributed by atoms with Crippen LogP contribution in [-0.4, -0.2) is 27.3 Å². The quantitative estimate of drug-likeness (QED) is 0.501. The van der Waals surface area contributed by atoms with Crippen molar-refractivity contribution < 1.29 is 14.4 Å².